The average molecular weight is 354 g/mol. The van der Waals surface area contributed by atoms with Gasteiger partial charge < -0.3 is 14.5 Å². The fourth-order valence-electron chi connectivity index (χ4n) is 3.00. The maximum absolute atomic E-state index is 12.4. The van der Waals surface area contributed by atoms with Crippen LogP contribution in [0.4, 0.5) is 0 Å². The highest BCUT2D eigenvalue weighted by molar-refractivity contribution is 5.91. The summed E-state index contributed by atoms with van der Waals surface area (Å²) in [4.78, 5) is 14.8. The van der Waals surface area contributed by atoms with Crippen molar-refractivity contribution in [1.82, 2.24) is 10.2 Å². The quantitative estimate of drug-likeness (QED) is 0.810. The minimum Gasteiger partial charge on any atom is -0.462 e. The fourth-order valence-corrected chi connectivity index (χ4v) is 3.00. The largest absolute Gasteiger partial charge is 0.462 e. The van der Waals surface area contributed by atoms with E-state index in [-0.39, 0.29) is 11.9 Å². The van der Waals surface area contributed by atoms with Crippen molar-refractivity contribution >= 4 is 12.0 Å². The molecule has 0 radical (unpaired) electrons. The lowest BCUT2D eigenvalue weighted by Gasteiger charge is -2.31. The number of nitrogens with zero attached hydrogens (tertiary/aromatic N) is 1. The summed E-state index contributed by atoms with van der Waals surface area (Å²) in [6.45, 7) is 7.98. The predicted octanol–water partition coefficient (Wildman–Crippen LogP) is 3.10. The average Bonchev–Trinajstić information content (AvgIpc) is 3.06. The first-order chi connectivity index (χ1) is 12.6. The third-order valence-electron chi connectivity index (χ3n) is 4.50. The molecule has 1 amide bonds. The van der Waals surface area contributed by atoms with Gasteiger partial charge in [-0.3, -0.25) is 9.69 Å². The lowest BCUT2D eigenvalue weighted by atomic mass is 10.0. The van der Waals surface area contributed by atoms with Crippen LogP contribution in [0.2, 0.25) is 0 Å². The third-order valence-corrected chi connectivity index (χ3v) is 4.50. The maximum Gasteiger partial charge on any atom is 0.244 e. The number of amides is 1. The molecule has 5 nitrogen and oxygen atoms in total. The molecule has 2 heterocycles. The predicted molar refractivity (Wildman–Crippen MR) is 102 cm³/mol. The van der Waals surface area contributed by atoms with E-state index in [0.29, 0.717) is 5.76 Å². The van der Waals surface area contributed by atoms with Crippen molar-refractivity contribution in [3.8, 4) is 0 Å². The van der Waals surface area contributed by atoms with Gasteiger partial charge in [0.15, 0.2) is 0 Å². The van der Waals surface area contributed by atoms with Crippen LogP contribution < -0.4 is 5.32 Å². The minimum atomic E-state index is -0.127. The summed E-state index contributed by atoms with van der Waals surface area (Å²) < 4.78 is 10.9. The highest BCUT2D eigenvalue weighted by Crippen LogP contribution is 2.17. The molecule has 3 rings (SSSR count). The van der Waals surface area contributed by atoms with E-state index >= 15 is 0 Å². The van der Waals surface area contributed by atoms with Gasteiger partial charge in [0.05, 0.1) is 19.3 Å². The van der Waals surface area contributed by atoms with E-state index < -0.39 is 0 Å². The molecule has 1 aromatic carbocycles. The lowest BCUT2D eigenvalue weighted by Crippen LogP contribution is -2.42. The number of furan rings is 1. The van der Waals surface area contributed by atoms with Crippen molar-refractivity contribution in [1.29, 1.82) is 0 Å². The summed E-state index contributed by atoms with van der Waals surface area (Å²) in [7, 11) is 0. The molecule has 0 bridgehead atoms. The summed E-state index contributed by atoms with van der Waals surface area (Å²) in [5, 5.41) is 3.13. The zero-order chi connectivity index (χ0) is 18.4. The van der Waals surface area contributed by atoms with Gasteiger partial charge in [-0.05, 0) is 37.6 Å². The Bertz CT molecular complexity index is 743. The smallest absolute Gasteiger partial charge is 0.244 e. The molecule has 1 unspecified atom stereocenters. The molecule has 26 heavy (non-hydrogen) atoms. The molecule has 1 aliphatic rings. The van der Waals surface area contributed by atoms with Crippen LogP contribution >= 0.6 is 0 Å². The van der Waals surface area contributed by atoms with E-state index in [1.807, 2.05) is 19.1 Å². The molecule has 0 saturated carbocycles. The van der Waals surface area contributed by atoms with Crippen LogP contribution in [-0.2, 0) is 9.53 Å². The van der Waals surface area contributed by atoms with E-state index in [1.54, 1.807) is 6.08 Å². The SMILES string of the molecule is Cc1ccc(C(CN2CCOCC2)NC(=O)/C=C/c2ccc(C)o2)cc1. The van der Waals surface area contributed by atoms with Crippen molar-refractivity contribution in [3.05, 3.63) is 65.1 Å². The number of nitrogens with one attached hydrogen (secondary N) is 1. The molecular formula is C21H26N2O3. The van der Waals surface area contributed by atoms with Crippen LogP contribution in [0.25, 0.3) is 6.08 Å². The molecule has 1 saturated heterocycles. The first-order valence-corrected chi connectivity index (χ1v) is 9.02. The number of morpholine rings is 1. The molecule has 1 aromatic heterocycles. The molecule has 0 spiro atoms. The van der Waals surface area contributed by atoms with Gasteiger partial charge in [-0.15, -0.1) is 0 Å². The number of carbonyl (C=O) groups is 1. The Kier molecular flexibility index (Phi) is 6.26. The summed E-state index contributed by atoms with van der Waals surface area (Å²) in [6.07, 6.45) is 3.22. The van der Waals surface area contributed by atoms with E-state index in [4.69, 9.17) is 9.15 Å². The molecule has 1 aliphatic heterocycles. The second-order valence-corrected chi connectivity index (χ2v) is 6.67. The molecule has 138 valence electrons. The zero-order valence-electron chi connectivity index (χ0n) is 15.4. The van der Waals surface area contributed by atoms with E-state index in [2.05, 4.69) is 41.4 Å². The van der Waals surface area contributed by atoms with E-state index in [1.165, 1.54) is 11.6 Å². The van der Waals surface area contributed by atoms with Crippen LogP contribution in [0.1, 0.15) is 28.7 Å². The number of carbonyl (C=O) groups excluding carboxylic acids is 1. The zero-order valence-corrected chi connectivity index (χ0v) is 15.4. The number of hydrogen-bond donors (Lipinski definition) is 1. The van der Waals surface area contributed by atoms with Gasteiger partial charge in [0.1, 0.15) is 11.5 Å². The molecule has 1 N–H and O–H groups in total. The summed E-state index contributed by atoms with van der Waals surface area (Å²) in [6, 6.07) is 12.0. The van der Waals surface area contributed by atoms with Gasteiger partial charge >= 0.3 is 0 Å². The second kappa shape index (κ2) is 8.83. The molecule has 1 fully saturated rings. The molecule has 1 atom stereocenters. The van der Waals surface area contributed by atoms with Gasteiger partial charge in [-0.1, -0.05) is 29.8 Å². The Morgan fingerprint density at radius 1 is 1.15 bits per heavy atom. The van der Waals surface area contributed by atoms with E-state index in [0.717, 1.165) is 44.2 Å². The Morgan fingerprint density at radius 3 is 2.54 bits per heavy atom. The summed E-state index contributed by atoms with van der Waals surface area (Å²) >= 11 is 0. The molecular weight excluding hydrogens is 328 g/mol. The Balaban J connectivity index is 1.68. The highest BCUT2D eigenvalue weighted by atomic mass is 16.5. The van der Waals surface area contributed by atoms with Crippen molar-refractivity contribution in [2.24, 2.45) is 0 Å². The van der Waals surface area contributed by atoms with Crippen LogP contribution in [0.3, 0.4) is 0 Å². The number of rotatable bonds is 6. The van der Waals surface area contributed by atoms with Crippen LogP contribution in [0, 0.1) is 13.8 Å². The van der Waals surface area contributed by atoms with Crippen LogP contribution in [-0.4, -0.2) is 43.7 Å². The molecule has 5 heteroatoms. The highest BCUT2D eigenvalue weighted by Gasteiger charge is 2.19. The molecule has 2 aromatic rings. The Labute approximate surface area is 154 Å². The van der Waals surface area contributed by atoms with Gasteiger partial charge in [-0.2, -0.15) is 0 Å². The lowest BCUT2D eigenvalue weighted by molar-refractivity contribution is -0.117. The monoisotopic (exact) mass is 354 g/mol. The summed E-state index contributed by atoms with van der Waals surface area (Å²) in [5.74, 6) is 1.38. The first-order valence-electron chi connectivity index (χ1n) is 9.02. The van der Waals surface area contributed by atoms with Crippen molar-refractivity contribution in [3.63, 3.8) is 0 Å². The standard InChI is InChI=1S/C21H26N2O3/c1-16-3-6-18(7-4-16)20(15-23-11-13-25-14-12-23)22-21(24)10-9-19-8-5-17(2)26-19/h3-10,20H,11-15H2,1-2H3,(H,22,24)/b10-9+. The first kappa shape index (κ1) is 18.4. The number of aryl methyl sites for hydroxylation is 2. The Hall–Kier alpha value is -2.37. The van der Waals surface area contributed by atoms with E-state index in [9.17, 15) is 4.79 Å². The summed E-state index contributed by atoms with van der Waals surface area (Å²) in [5.41, 5.74) is 2.32. The topological polar surface area (TPSA) is 54.7 Å². The van der Waals surface area contributed by atoms with Gasteiger partial charge in [0.25, 0.3) is 0 Å². The molecule has 0 aliphatic carbocycles. The van der Waals surface area contributed by atoms with Crippen LogP contribution in [0.15, 0.2) is 46.9 Å². The van der Waals surface area contributed by atoms with Crippen LogP contribution in [0.5, 0.6) is 0 Å². The van der Waals surface area contributed by atoms with Crippen molar-refractivity contribution < 1.29 is 13.9 Å². The van der Waals surface area contributed by atoms with Gasteiger partial charge in [0, 0.05) is 25.7 Å². The second-order valence-electron chi connectivity index (χ2n) is 6.67. The van der Waals surface area contributed by atoms with Crippen molar-refractivity contribution in [2.75, 3.05) is 32.8 Å². The number of ether oxygens (including phenoxy) is 1. The number of hydrogen-bond acceptors (Lipinski definition) is 4. The maximum atomic E-state index is 12.4. The number of benzene rings is 1. The third kappa shape index (κ3) is 5.31. The van der Waals surface area contributed by atoms with Gasteiger partial charge in [0.2, 0.25) is 5.91 Å². The van der Waals surface area contributed by atoms with Crippen molar-refractivity contribution in [2.45, 2.75) is 19.9 Å². The fraction of sp³-hybridized carbons (Fsp3) is 0.381. The Morgan fingerprint density at radius 2 is 1.88 bits per heavy atom. The van der Waals surface area contributed by atoms with Gasteiger partial charge in [-0.25, -0.2) is 0 Å². The normalized spacial score (nSPS) is 16.7. The minimum absolute atomic E-state index is 0.0656.